The largest absolute Gasteiger partial charge is 0.329 e. The monoisotopic (exact) mass is 295 g/mol. The molecule has 3 nitrogen and oxygen atoms in total. The summed E-state index contributed by atoms with van der Waals surface area (Å²) in [6.07, 6.45) is 9.36. The van der Waals surface area contributed by atoms with Crippen molar-refractivity contribution < 1.29 is 0 Å². The highest BCUT2D eigenvalue weighted by atomic mass is 15.2. The Balaban J connectivity index is 1.95. The highest BCUT2D eigenvalue weighted by Crippen LogP contribution is 2.41. The van der Waals surface area contributed by atoms with Crippen molar-refractivity contribution in [3.63, 3.8) is 0 Å². The van der Waals surface area contributed by atoms with E-state index in [4.69, 9.17) is 5.73 Å². The molecule has 0 bridgehead atoms. The molecule has 1 unspecified atom stereocenters. The van der Waals surface area contributed by atoms with E-state index in [2.05, 4.69) is 37.7 Å². The van der Waals surface area contributed by atoms with Crippen LogP contribution in [0.25, 0.3) is 0 Å². The molecule has 124 valence electrons. The standard InChI is InChI=1S/C18H37N3/c1-17(2)8-5-9-18(15-19,11-10-17)21-12-6-16(7-13-21)14-20(3)4/h16H,5-15,19H2,1-4H3. The second kappa shape index (κ2) is 6.97. The third-order valence-electron chi connectivity index (χ3n) is 6.05. The zero-order valence-corrected chi connectivity index (χ0v) is 14.8. The van der Waals surface area contributed by atoms with E-state index in [0.29, 0.717) is 11.0 Å². The fourth-order valence-corrected chi connectivity index (χ4v) is 4.47. The molecule has 1 saturated heterocycles. The zero-order valence-electron chi connectivity index (χ0n) is 14.8. The Morgan fingerprint density at radius 1 is 1.05 bits per heavy atom. The van der Waals surface area contributed by atoms with Crippen LogP contribution >= 0.6 is 0 Å². The van der Waals surface area contributed by atoms with Crippen molar-refractivity contribution in [2.45, 2.75) is 64.3 Å². The number of nitrogens with two attached hydrogens (primary N) is 1. The highest BCUT2D eigenvalue weighted by Gasteiger charge is 2.40. The van der Waals surface area contributed by atoms with Crippen LogP contribution in [0.2, 0.25) is 0 Å². The molecule has 0 radical (unpaired) electrons. The number of hydrogen-bond acceptors (Lipinski definition) is 3. The number of likely N-dealkylation sites (tertiary alicyclic amines) is 1. The minimum atomic E-state index is 0.302. The van der Waals surface area contributed by atoms with E-state index < -0.39 is 0 Å². The molecule has 1 aliphatic carbocycles. The van der Waals surface area contributed by atoms with E-state index in [0.717, 1.165) is 12.5 Å². The Hall–Kier alpha value is -0.120. The highest BCUT2D eigenvalue weighted by molar-refractivity contribution is 4.97. The average Bonchev–Trinajstić information content (AvgIpc) is 2.58. The first-order valence-electron chi connectivity index (χ1n) is 8.97. The van der Waals surface area contributed by atoms with Gasteiger partial charge in [0.15, 0.2) is 0 Å². The molecule has 1 atom stereocenters. The maximum absolute atomic E-state index is 6.29. The summed E-state index contributed by atoms with van der Waals surface area (Å²) in [5, 5.41) is 0. The van der Waals surface area contributed by atoms with Gasteiger partial charge in [-0.1, -0.05) is 20.3 Å². The lowest BCUT2D eigenvalue weighted by molar-refractivity contribution is 0.0366. The smallest absolute Gasteiger partial charge is 0.0331 e. The Morgan fingerprint density at radius 2 is 1.71 bits per heavy atom. The quantitative estimate of drug-likeness (QED) is 0.809. The second-order valence-electron chi connectivity index (χ2n) is 8.64. The molecular formula is C18H37N3. The summed E-state index contributed by atoms with van der Waals surface area (Å²) < 4.78 is 0. The Morgan fingerprint density at radius 3 is 2.29 bits per heavy atom. The van der Waals surface area contributed by atoms with Gasteiger partial charge in [0.05, 0.1) is 0 Å². The van der Waals surface area contributed by atoms with Gasteiger partial charge in [-0.05, 0) is 77.0 Å². The summed E-state index contributed by atoms with van der Waals surface area (Å²) in [5.41, 5.74) is 7.11. The fraction of sp³-hybridized carbons (Fsp3) is 1.00. The number of rotatable bonds is 4. The van der Waals surface area contributed by atoms with Crippen molar-refractivity contribution in [1.82, 2.24) is 9.80 Å². The lowest BCUT2D eigenvalue weighted by atomic mass is 9.81. The molecule has 2 aliphatic rings. The van der Waals surface area contributed by atoms with E-state index in [-0.39, 0.29) is 0 Å². The van der Waals surface area contributed by atoms with Gasteiger partial charge in [-0.2, -0.15) is 0 Å². The maximum atomic E-state index is 6.29. The molecule has 0 aromatic rings. The Kier molecular flexibility index (Phi) is 5.72. The average molecular weight is 296 g/mol. The third kappa shape index (κ3) is 4.43. The van der Waals surface area contributed by atoms with Gasteiger partial charge in [-0.15, -0.1) is 0 Å². The molecule has 2 rings (SSSR count). The first-order valence-corrected chi connectivity index (χ1v) is 8.97. The van der Waals surface area contributed by atoms with Crippen LogP contribution < -0.4 is 5.73 Å². The molecule has 1 heterocycles. The molecule has 21 heavy (non-hydrogen) atoms. The Labute approximate surface area is 132 Å². The summed E-state index contributed by atoms with van der Waals surface area (Å²) >= 11 is 0. The zero-order chi connectivity index (χ0) is 15.5. The summed E-state index contributed by atoms with van der Waals surface area (Å²) in [4.78, 5) is 5.10. The minimum absolute atomic E-state index is 0.302. The van der Waals surface area contributed by atoms with Gasteiger partial charge >= 0.3 is 0 Å². The van der Waals surface area contributed by atoms with Gasteiger partial charge in [0.2, 0.25) is 0 Å². The van der Waals surface area contributed by atoms with Crippen LogP contribution in [0.15, 0.2) is 0 Å². The normalized spacial score (nSPS) is 32.3. The number of piperidine rings is 1. The first kappa shape index (κ1) is 17.2. The maximum Gasteiger partial charge on any atom is 0.0331 e. The van der Waals surface area contributed by atoms with Crippen LogP contribution in [0, 0.1) is 11.3 Å². The Bertz CT molecular complexity index is 318. The lowest BCUT2D eigenvalue weighted by Crippen LogP contribution is -2.56. The van der Waals surface area contributed by atoms with Crippen molar-refractivity contribution in [1.29, 1.82) is 0 Å². The summed E-state index contributed by atoms with van der Waals surface area (Å²) in [7, 11) is 4.39. The van der Waals surface area contributed by atoms with Crippen molar-refractivity contribution in [3.8, 4) is 0 Å². The number of nitrogens with zero attached hydrogens (tertiary/aromatic N) is 2. The summed E-state index contributed by atoms with van der Waals surface area (Å²) in [6, 6.07) is 0. The van der Waals surface area contributed by atoms with Gasteiger partial charge in [-0.25, -0.2) is 0 Å². The SMILES string of the molecule is CN(C)CC1CCN(C2(CN)CCCC(C)(C)CC2)CC1. The second-order valence-corrected chi connectivity index (χ2v) is 8.64. The van der Waals surface area contributed by atoms with E-state index in [1.54, 1.807) is 0 Å². The number of hydrogen-bond donors (Lipinski definition) is 1. The molecule has 2 N–H and O–H groups in total. The predicted octanol–water partition coefficient (Wildman–Crippen LogP) is 2.95. The van der Waals surface area contributed by atoms with E-state index in [9.17, 15) is 0 Å². The van der Waals surface area contributed by atoms with Crippen LogP contribution in [0.4, 0.5) is 0 Å². The van der Waals surface area contributed by atoms with Crippen molar-refractivity contribution in [3.05, 3.63) is 0 Å². The van der Waals surface area contributed by atoms with Gasteiger partial charge in [0.25, 0.3) is 0 Å². The van der Waals surface area contributed by atoms with Crippen LogP contribution in [-0.4, -0.2) is 55.6 Å². The lowest BCUT2D eigenvalue weighted by Gasteiger charge is -2.47. The van der Waals surface area contributed by atoms with E-state index in [1.807, 2.05) is 0 Å². The van der Waals surface area contributed by atoms with Crippen molar-refractivity contribution in [2.24, 2.45) is 17.1 Å². The van der Waals surface area contributed by atoms with Crippen LogP contribution in [0.3, 0.4) is 0 Å². The van der Waals surface area contributed by atoms with E-state index >= 15 is 0 Å². The van der Waals surface area contributed by atoms with Crippen LogP contribution in [0.1, 0.15) is 58.8 Å². The topological polar surface area (TPSA) is 32.5 Å². The van der Waals surface area contributed by atoms with Crippen molar-refractivity contribution >= 4 is 0 Å². The molecule has 0 spiro atoms. The van der Waals surface area contributed by atoms with Crippen molar-refractivity contribution in [2.75, 3.05) is 40.3 Å². The fourth-order valence-electron chi connectivity index (χ4n) is 4.47. The summed E-state index contributed by atoms with van der Waals surface area (Å²) in [6.45, 7) is 9.48. The molecule has 0 aromatic heterocycles. The molecule has 0 amide bonds. The van der Waals surface area contributed by atoms with Gasteiger partial charge in [-0.3, -0.25) is 4.90 Å². The molecule has 0 aromatic carbocycles. The molecule has 3 heteroatoms. The van der Waals surface area contributed by atoms with Crippen LogP contribution in [0.5, 0.6) is 0 Å². The molecule has 1 saturated carbocycles. The molecule has 2 fully saturated rings. The predicted molar refractivity (Wildman–Crippen MR) is 91.5 cm³/mol. The first-order chi connectivity index (χ1) is 9.87. The van der Waals surface area contributed by atoms with Gasteiger partial charge in [0.1, 0.15) is 0 Å². The third-order valence-corrected chi connectivity index (χ3v) is 6.05. The van der Waals surface area contributed by atoms with Gasteiger partial charge < -0.3 is 10.6 Å². The molecular weight excluding hydrogens is 258 g/mol. The van der Waals surface area contributed by atoms with E-state index in [1.165, 1.54) is 64.6 Å². The summed E-state index contributed by atoms with van der Waals surface area (Å²) in [5.74, 6) is 0.883. The van der Waals surface area contributed by atoms with Crippen LogP contribution in [-0.2, 0) is 0 Å². The minimum Gasteiger partial charge on any atom is -0.329 e. The van der Waals surface area contributed by atoms with Gasteiger partial charge in [0, 0.05) is 18.6 Å². The molecule has 1 aliphatic heterocycles.